The van der Waals surface area contributed by atoms with Crippen molar-refractivity contribution in [1.82, 2.24) is 16.0 Å². The highest BCUT2D eigenvalue weighted by molar-refractivity contribution is 5.91. The first kappa shape index (κ1) is 26.9. The fraction of sp³-hybridized carbons (Fsp3) is 0.524. The minimum Gasteiger partial charge on any atom is -0.480 e. The maximum Gasteiger partial charge on any atom is 0.326 e. The second-order valence-electron chi connectivity index (χ2n) is 7.47. The fourth-order valence-electron chi connectivity index (χ4n) is 3.03. The molecule has 0 aliphatic rings. The van der Waals surface area contributed by atoms with Crippen molar-refractivity contribution in [1.29, 1.82) is 0 Å². The molecule has 10 N–H and O–H groups in total. The molecule has 11 nitrogen and oxygen atoms in total. The molecule has 0 fully saturated rings. The maximum absolute atomic E-state index is 12.8. The lowest BCUT2D eigenvalue weighted by Gasteiger charge is -2.23. The Balaban J connectivity index is 2.73. The van der Waals surface area contributed by atoms with E-state index < -0.39 is 41.9 Å². The number of carbonyl (C=O) groups excluding carboxylic acids is 3. The van der Waals surface area contributed by atoms with Gasteiger partial charge in [-0.3, -0.25) is 9.59 Å². The average Bonchev–Trinajstić information content (AvgIpc) is 2.75. The number of unbranched alkanes of at least 4 members (excludes halogenated alkanes) is 1. The van der Waals surface area contributed by atoms with E-state index in [1.54, 1.807) is 24.3 Å². The minimum absolute atomic E-state index is 0.109. The summed E-state index contributed by atoms with van der Waals surface area (Å²) < 4.78 is 0. The van der Waals surface area contributed by atoms with Crippen LogP contribution in [0.1, 0.15) is 37.7 Å². The Bertz CT molecular complexity index is 745. The molecule has 32 heavy (non-hydrogen) atoms. The highest BCUT2D eigenvalue weighted by Gasteiger charge is 2.27. The van der Waals surface area contributed by atoms with Crippen LogP contribution in [0.5, 0.6) is 0 Å². The average molecular weight is 451 g/mol. The summed E-state index contributed by atoms with van der Waals surface area (Å²) in [4.78, 5) is 47.6. The third kappa shape index (κ3) is 10.7. The Morgan fingerprint density at radius 2 is 1.56 bits per heavy atom. The van der Waals surface area contributed by atoms with Crippen molar-refractivity contribution in [2.75, 3.05) is 13.1 Å². The lowest BCUT2D eigenvalue weighted by molar-refractivity contribution is -0.142. The molecule has 0 heterocycles. The molecule has 0 aliphatic carbocycles. The summed E-state index contributed by atoms with van der Waals surface area (Å²) in [5, 5.41) is 17.1. The number of nitrogens with two attached hydrogens (primary N) is 3. The molecule has 1 aromatic carbocycles. The van der Waals surface area contributed by atoms with Gasteiger partial charge < -0.3 is 38.3 Å². The molecule has 0 spiro atoms. The normalized spacial score (nSPS) is 13.4. The number of urea groups is 1. The van der Waals surface area contributed by atoms with E-state index in [1.165, 1.54) is 0 Å². The molecule has 0 unspecified atom stereocenters. The van der Waals surface area contributed by atoms with Crippen molar-refractivity contribution in [3.05, 3.63) is 35.9 Å². The van der Waals surface area contributed by atoms with E-state index in [0.717, 1.165) is 5.56 Å². The van der Waals surface area contributed by atoms with Gasteiger partial charge in [0.2, 0.25) is 11.8 Å². The number of nitrogens with one attached hydrogen (secondary N) is 3. The van der Waals surface area contributed by atoms with Gasteiger partial charge in [-0.2, -0.15) is 0 Å². The molecule has 0 bridgehead atoms. The molecular weight excluding hydrogens is 416 g/mol. The van der Waals surface area contributed by atoms with Crippen molar-refractivity contribution in [2.45, 2.75) is 56.7 Å². The van der Waals surface area contributed by atoms with Crippen molar-refractivity contribution >= 4 is 23.8 Å². The van der Waals surface area contributed by atoms with E-state index in [0.29, 0.717) is 32.2 Å². The Morgan fingerprint density at radius 3 is 2.16 bits per heavy atom. The van der Waals surface area contributed by atoms with Crippen molar-refractivity contribution in [2.24, 2.45) is 17.2 Å². The number of carboxylic acid groups (broad SMARTS) is 1. The van der Waals surface area contributed by atoms with Crippen LogP contribution in [0.25, 0.3) is 0 Å². The van der Waals surface area contributed by atoms with E-state index in [4.69, 9.17) is 17.2 Å². The lowest BCUT2D eigenvalue weighted by atomic mass is 10.0. The number of primary amides is 1. The first-order chi connectivity index (χ1) is 15.2. The van der Waals surface area contributed by atoms with Gasteiger partial charge in [-0.25, -0.2) is 9.59 Å². The summed E-state index contributed by atoms with van der Waals surface area (Å²) in [6, 6.07) is 5.28. The van der Waals surface area contributed by atoms with Crippen LogP contribution in [-0.2, 0) is 20.8 Å². The fourth-order valence-corrected chi connectivity index (χ4v) is 3.03. The quantitative estimate of drug-likeness (QED) is 0.169. The van der Waals surface area contributed by atoms with Gasteiger partial charge in [0, 0.05) is 13.0 Å². The van der Waals surface area contributed by atoms with Crippen LogP contribution in [0.2, 0.25) is 0 Å². The molecule has 0 saturated heterocycles. The van der Waals surface area contributed by atoms with Crippen LogP contribution >= 0.6 is 0 Å². The zero-order valence-electron chi connectivity index (χ0n) is 18.1. The summed E-state index contributed by atoms with van der Waals surface area (Å²) in [6.45, 7) is 0.705. The number of hydrogen-bond acceptors (Lipinski definition) is 6. The second-order valence-corrected chi connectivity index (χ2v) is 7.47. The molecule has 0 saturated carbocycles. The molecule has 0 aromatic heterocycles. The van der Waals surface area contributed by atoms with E-state index >= 15 is 0 Å². The maximum atomic E-state index is 12.8. The highest BCUT2D eigenvalue weighted by Crippen LogP contribution is 2.07. The molecule has 178 valence electrons. The Morgan fingerprint density at radius 1 is 0.906 bits per heavy atom. The first-order valence-corrected chi connectivity index (χ1v) is 10.6. The predicted octanol–water partition coefficient (Wildman–Crippen LogP) is -0.812. The SMILES string of the molecule is NCCCC[C@H](NC(=O)[C@@H](N)CCCNC(N)=O)C(=O)N[C@@H](Cc1ccccc1)C(=O)O. The van der Waals surface area contributed by atoms with Crippen molar-refractivity contribution in [3.63, 3.8) is 0 Å². The van der Waals surface area contributed by atoms with Gasteiger partial charge in [0.25, 0.3) is 0 Å². The third-order valence-corrected chi connectivity index (χ3v) is 4.81. The molecule has 4 amide bonds. The van der Waals surface area contributed by atoms with Gasteiger partial charge >= 0.3 is 12.0 Å². The molecule has 11 heteroatoms. The monoisotopic (exact) mass is 450 g/mol. The Kier molecular flexibility index (Phi) is 12.4. The third-order valence-electron chi connectivity index (χ3n) is 4.81. The minimum atomic E-state index is -1.17. The smallest absolute Gasteiger partial charge is 0.326 e. The van der Waals surface area contributed by atoms with E-state index in [1.807, 2.05) is 6.07 Å². The number of carboxylic acids is 1. The van der Waals surface area contributed by atoms with Crippen LogP contribution in [-0.4, -0.2) is 60.1 Å². The Labute approximate surface area is 187 Å². The van der Waals surface area contributed by atoms with Crippen LogP contribution < -0.4 is 33.2 Å². The molecule has 3 atom stereocenters. The van der Waals surface area contributed by atoms with E-state index in [9.17, 15) is 24.3 Å². The number of carbonyl (C=O) groups is 4. The topological polar surface area (TPSA) is 203 Å². The molecule has 0 radical (unpaired) electrons. The van der Waals surface area contributed by atoms with Gasteiger partial charge in [-0.1, -0.05) is 30.3 Å². The van der Waals surface area contributed by atoms with Gasteiger partial charge in [0.1, 0.15) is 12.1 Å². The molecule has 1 rings (SSSR count). The number of amides is 4. The summed E-state index contributed by atoms with van der Waals surface area (Å²) >= 11 is 0. The van der Waals surface area contributed by atoms with E-state index in [-0.39, 0.29) is 19.4 Å². The van der Waals surface area contributed by atoms with Gasteiger partial charge in [-0.15, -0.1) is 0 Å². The summed E-state index contributed by atoms with van der Waals surface area (Å²) in [7, 11) is 0. The van der Waals surface area contributed by atoms with Crippen molar-refractivity contribution in [3.8, 4) is 0 Å². The molecule has 1 aromatic rings. The summed E-state index contributed by atoms with van der Waals surface area (Å²) in [5.74, 6) is -2.30. The zero-order chi connectivity index (χ0) is 23.9. The largest absolute Gasteiger partial charge is 0.480 e. The lowest BCUT2D eigenvalue weighted by Crippen LogP contribution is -2.54. The van der Waals surface area contributed by atoms with Crippen LogP contribution in [0.3, 0.4) is 0 Å². The zero-order valence-corrected chi connectivity index (χ0v) is 18.1. The van der Waals surface area contributed by atoms with E-state index in [2.05, 4.69) is 16.0 Å². The standard InChI is InChI=1S/C21H34N6O5/c22-11-5-4-10-16(26-18(28)15(23)9-6-12-25-21(24)32)19(29)27-17(20(30)31)13-14-7-2-1-3-8-14/h1-3,7-8,15-17H,4-6,9-13,22-23H2,(H,26,28)(H,27,29)(H,30,31)(H3,24,25,32)/t15-,16-,17-/m0/s1. The van der Waals surface area contributed by atoms with Crippen LogP contribution in [0.4, 0.5) is 4.79 Å². The van der Waals surface area contributed by atoms with Crippen LogP contribution in [0, 0.1) is 0 Å². The second kappa shape index (κ2) is 14.8. The summed E-state index contributed by atoms with van der Waals surface area (Å²) in [5.41, 5.74) is 17.1. The number of aliphatic carboxylic acids is 1. The number of benzene rings is 1. The molecular formula is C21H34N6O5. The summed E-state index contributed by atoms with van der Waals surface area (Å²) in [6.07, 6.45) is 2.33. The molecule has 0 aliphatic heterocycles. The van der Waals surface area contributed by atoms with Gasteiger partial charge in [-0.05, 0) is 44.2 Å². The number of rotatable bonds is 15. The van der Waals surface area contributed by atoms with Crippen LogP contribution in [0.15, 0.2) is 30.3 Å². The Hall–Kier alpha value is -3.18. The number of hydrogen-bond donors (Lipinski definition) is 7. The predicted molar refractivity (Wildman–Crippen MR) is 119 cm³/mol. The van der Waals surface area contributed by atoms with Crippen molar-refractivity contribution < 1.29 is 24.3 Å². The van der Waals surface area contributed by atoms with Gasteiger partial charge in [0.15, 0.2) is 0 Å². The van der Waals surface area contributed by atoms with Gasteiger partial charge in [0.05, 0.1) is 6.04 Å². The first-order valence-electron chi connectivity index (χ1n) is 10.6. The highest BCUT2D eigenvalue weighted by atomic mass is 16.4.